The topological polar surface area (TPSA) is 199 Å². The van der Waals surface area contributed by atoms with Crippen molar-refractivity contribution in [2.24, 2.45) is 5.73 Å². The molecule has 30 heavy (non-hydrogen) atoms. The van der Waals surface area contributed by atoms with Crippen molar-refractivity contribution in [3.05, 3.63) is 36.4 Å². The van der Waals surface area contributed by atoms with Crippen molar-refractivity contribution < 1.29 is 29.7 Å². The van der Waals surface area contributed by atoms with E-state index in [1.807, 2.05) is 0 Å². The molecule has 0 saturated heterocycles. The summed E-state index contributed by atoms with van der Waals surface area (Å²) < 4.78 is 0. The third-order valence-corrected chi connectivity index (χ3v) is 4.71. The Balaban J connectivity index is 2.30. The van der Waals surface area contributed by atoms with Crippen LogP contribution in [0.25, 0.3) is 0 Å². The number of nitrogens with one attached hydrogen (secondary N) is 2. The van der Waals surface area contributed by atoms with Gasteiger partial charge in [-0.25, -0.2) is 9.97 Å². The fraction of sp³-hybridized carbons (Fsp3) is 0.500. The zero-order valence-electron chi connectivity index (χ0n) is 16.3. The zero-order valence-corrected chi connectivity index (χ0v) is 16.3. The van der Waals surface area contributed by atoms with Gasteiger partial charge in [0, 0.05) is 24.8 Å². The van der Waals surface area contributed by atoms with Gasteiger partial charge in [-0.15, -0.1) is 0 Å². The molecular formula is C18H26N6O6. The van der Waals surface area contributed by atoms with Crippen LogP contribution in [0.2, 0.25) is 0 Å². The summed E-state index contributed by atoms with van der Waals surface area (Å²) in [5.41, 5.74) is 5.54. The number of hydrogen-bond acceptors (Lipinski definition) is 7. The Morgan fingerprint density at radius 2 is 1.43 bits per heavy atom. The molecule has 0 saturated carbocycles. The van der Waals surface area contributed by atoms with Gasteiger partial charge in [-0.2, -0.15) is 0 Å². The minimum absolute atomic E-state index is 0.248. The fourth-order valence-corrected chi connectivity index (χ4v) is 3.30. The highest BCUT2D eigenvalue weighted by atomic mass is 16.4. The molecule has 0 spiro atoms. The lowest BCUT2D eigenvalue weighted by molar-refractivity contribution is -0.141. The van der Waals surface area contributed by atoms with Gasteiger partial charge in [-0.3, -0.25) is 19.3 Å². The highest BCUT2D eigenvalue weighted by Gasteiger charge is 2.34. The standard InChI is InChI=1S/C18H26N6O6/c19-11(18(29)30)3-1-2-8-24(12(9-14(25)26)16-20-4-5-21-16)13(10-15(27)28)17-22-6-7-23-17/h4-7,11-13H,1-3,8-10,19H2,(H,20,21)(H,22,23)(H,25,26)(H,27,28)(H,29,30). The van der Waals surface area contributed by atoms with Crippen LogP contribution < -0.4 is 5.73 Å². The quantitative estimate of drug-likeness (QED) is 0.236. The number of carboxylic acid groups (broad SMARTS) is 3. The summed E-state index contributed by atoms with van der Waals surface area (Å²) >= 11 is 0. The van der Waals surface area contributed by atoms with E-state index in [4.69, 9.17) is 10.8 Å². The first-order valence-corrected chi connectivity index (χ1v) is 9.45. The molecule has 0 radical (unpaired) electrons. The lowest BCUT2D eigenvalue weighted by Gasteiger charge is -2.35. The number of rotatable bonds is 14. The van der Waals surface area contributed by atoms with Gasteiger partial charge in [0.15, 0.2) is 0 Å². The van der Waals surface area contributed by atoms with Crippen LogP contribution in [0.3, 0.4) is 0 Å². The smallest absolute Gasteiger partial charge is 0.320 e. The van der Waals surface area contributed by atoms with Gasteiger partial charge in [0.2, 0.25) is 0 Å². The minimum Gasteiger partial charge on any atom is -0.481 e. The molecule has 0 aliphatic carbocycles. The summed E-state index contributed by atoms with van der Waals surface area (Å²) in [7, 11) is 0. The highest BCUT2D eigenvalue weighted by Crippen LogP contribution is 2.33. The molecule has 0 aliphatic rings. The van der Waals surface area contributed by atoms with E-state index in [1.54, 1.807) is 17.3 Å². The second-order valence-corrected chi connectivity index (χ2v) is 6.85. The Hall–Kier alpha value is -3.25. The van der Waals surface area contributed by atoms with E-state index in [-0.39, 0.29) is 19.3 Å². The maximum atomic E-state index is 11.5. The Labute approximate surface area is 172 Å². The van der Waals surface area contributed by atoms with Crippen molar-refractivity contribution in [1.29, 1.82) is 0 Å². The number of imidazole rings is 2. The Morgan fingerprint density at radius 1 is 0.933 bits per heavy atom. The lowest BCUT2D eigenvalue weighted by Crippen LogP contribution is -2.37. The molecule has 0 aliphatic heterocycles. The number of nitrogens with zero attached hydrogens (tertiary/aromatic N) is 3. The number of unbranched alkanes of at least 4 members (excludes halogenated alkanes) is 1. The van der Waals surface area contributed by atoms with Crippen LogP contribution in [0.4, 0.5) is 0 Å². The van der Waals surface area contributed by atoms with E-state index < -0.39 is 36.0 Å². The minimum atomic E-state index is -1.09. The monoisotopic (exact) mass is 422 g/mol. The van der Waals surface area contributed by atoms with Crippen molar-refractivity contribution in [3.63, 3.8) is 0 Å². The van der Waals surface area contributed by atoms with Crippen molar-refractivity contribution in [2.75, 3.05) is 6.54 Å². The first-order chi connectivity index (χ1) is 14.3. The second kappa shape index (κ2) is 11.1. The molecule has 0 aromatic carbocycles. The van der Waals surface area contributed by atoms with Crippen molar-refractivity contribution >= 4 is 17.9 Å². The molecule has 3 unspecified atom stereocenters. The molecule has 2 rings (SSSR count). The fourth-order valence-electron chi connectivity index (χ4n) is 3.30. The van der Waals surface area contributed by atoms with Crippen LogP contribution >= 0.6 is 0 Å². The number of carboxylic acids is 3. The van der Waals surface area contributed by atoms with E-state index in [0.717, 1.165) is 0 Å². The van der Waals surface area contributed by atoms with E-state index in [2.05, 4.69) is 19.9 Å². The van der Waals surface area contributed by atoms with Gasteiger partial charge < -0.3 is 31.0 Å². The van der Waals surface area contributed by atoms with E-state index in [0.29, 0.717) is 31.0 Å². The molecule has 0 fully saturated rings. The van der Waals surface area contributed by atoms with Gasteiger partial charge in [-0.1, -0.05) is 6.42 Å². The van der Waals surface area contributed by atoms with Gasteiger partial charge in [0.25, 0.3) is 0 Å². The molecule has 12 heteroatoms. The predicted molar refractivity (Wildman–Crippen MR) is 103 cm³/mol. The van der Waals surface area contributed by atoms with Crippen molar-refractivity contribution in [3.8, 4) is 0 Å². The molecule has 164 valence electrons. The Bertz CT molecular complexity index is 755. The summed E-state index contributed by atoms with van der Waals surface area (Å²) in [5, 5.41) is 27.8. The third kappa shape index (κ3) is 6.67. The van der Waals surface area contributed by atoms with Crippen LogP contribution in [-0.2, 0) is 14.4 Å². The summed E-state index contributed by atoms with van der Waals surface area (Å²) in [4.78, 5) is 49.9. The lowest BCUT2D eigenvalue weighted by atomic mass is 10.0. The van der Waals surface area contributed by atoms with Gasteiger partial charge in [0.1, 0.15) is 17.7 Å². The molecule has 3 atom stereocenters. The molecule has 2 aromatic heterocycles. The summed E-state index contributed by atoms with van der Waals surface area (Å²) in [6.07, 6.45) is 6.70. The van der Waals surface area contributed by atoms with Crippen molar-refractivity contribution in [2.45, 2.75) is 50.2 Å². The van der Waals surface area contributed by atoms with E-state index in [1.165, 1.54) is 12.4 Å². The van der Waals surface area contributed by atoms with E-state index in [9.17, 15) is 24.6 Å². The Kier molecular flexibility index (Phi) is 8.50. The van der Waals surface area contributed by atoms with Crippen molar-refractivity contribution in [1.82, 2.24) is 24.8 Å². The maximum absolute atomic E-state index is 11.5. The number of H-pyrrole nitrogens is 2. The van der Waals surface area contributed by atoms with Crippen LogP contribution in [0.15, 0.2) is 24.8 Å². The average Bonchev–Trinajstić information content (AvgIpc) is 3.38. The van der Waals surface area contributed by atoms with Gasteiger partial charge in [0.05, 0.1) is 24.9 Å². The predicted octanol–water partition coefficient (Wildman–Crippen LogP) is 0.749. The summed E-state index contributed by atoms with van der Waals surface area (Å²) in [6.45, 7) is 0.295. The molecular weight excluding hydrogens is 396 g/mol. The first kappa shape index (κ1) is 23.0. The van der Waals surface area contributed by atoms with Crippen LogP contribution in [0.1, 0.15) is 55.8 Å². The van der Waals surface area contributed by atoms with Crippen LogP contribution in [0, 0.1) is 0 Å². The largest absolute Gasteiger partial charge is 0.481 e. The van der Waals surface area contributed by atoms with Gasteiger partial charge in [-0.05, 0) is 19.4 Å². The third-order valence-electron chi connectivity index (χ3n) is 4.71. The van der Waals surface area contributed by atoms with Crippen LogP contribution in [0.5, 0.6) is 0 Å². The number of aromatic nitrogens is 4. The molecule has 0 amide bonds. The van der Waals surface area contributed by atoms with Gasteiger partial charge >= 0.3 is 17.9 Å². The maximum Gasteiger partial charge on any atom is 0.320 e. The molecule has 7 N–H and O–H groups in total. The molecule has 12 nitrogen and oxygen atoms in total. The number of carbonyl (C=O) groups is 3. The Morgan fingerprint density at radius 3 is 1.80 bits per heavy atom. The normalized spacial score (nSPS) is 14.3. The molecule has 0 bridgehead atoms. The number of hydrogen-bond donors (Lipinski definition) is 6. The molecule has 2 heterocycles. The number of aliphatic carboxylic acids is 3. The summed E-state index contributed by atoms with van der Waals surface area (Å²) in [5.74, 6) is -2.45. The first-order valence-electron chi connectivity index (χ1n) is 9.45. The van der Waals surface area contributed by atoms with E-state index >= 15 is 0 Å². The number of nitrogens with two attached hydrogens (primary N) is 1. The second-order valence-electron chi connectivity index (χ2n) is 6.85. The summed E-state index contributed by atoms with van der Waals surface area (Å²) in [6, 6.07) is -2.46. The highest BCUT2D eigenvalue weighted by molar-refractivity contribution is 5.73. The molecule has 2 aromatic rings. The SMILES string of the molecule is NC(CCCCN(C(CC(=O)O)c1ncc[nH]1)C(CC(=O)O)c1ncc[nH]1)C(=O)O. The van der Waals surface area contributed by atoms with Crippen LogP contribution in [-0.4, -0.2) is 70.6 Å². The number of aromatic amines is 2. The zero-order chi connectivity index (χ0) is 22.1. The average molecular weight is 422 g/mol.